The largest absolute Gasteiger partial charge is 0.335 e. The summed E-state index contributed by atoms with van der Waals surface area (Å²) in [6, 6.07) is 0. The zero-order valence-electron chi connectivity index (χ0n) is 6.25. The molecule has 1 aliphatic rings. The first-order valence-corrected chi connectivity index (χ1v) is 3.93. The van der Waals surface area contributed by atoms with Gasteiger partial charge in [-0.05, 0) is 12.8 Å². The van der Waals surface area contributed by atoms with E-state index in [-0.39, 0.29) is 0 Å². The first kappa shape index (κ1) is 5.96. The van der Waals surface area contributed by atoms with E-state index in [1.54, 1.807) is 0 Å². The van der Waals surface area contributed by atoms with Crippen LogP contribution in [0.1, 0.15) is 31.5 Å². The minimum atomic E-state index is 0.731. The van der Waals surface area contributed by atoms with Gasteiger partial charge in [0.25, 0.3) is 0 Å². The molecule has 54 valence electrons. The Kier molecular flexibility index (Phi) is 1.26. The summed E-state index contributed by atoms with van der Waals surface area (Å²) >= 11 is 0. The Labute approximate surface area is 60.9 Å². The fourth-order valence-corrected chi connectivity index (χ4v) is 1.68. The number of fused-ring (bicyclic) bond motifs is 1. The highest BCUT2D eigenvalue weighted by Gasteiger charge is 2.20. The molecule has 0 saturated carbocycles. The summed E-state index contributed by atoms with van der Waals surface area (Å²) < 4.78 is 2.26. The van der Waals surface area contributed by atoms with Crippen molar-refractivity contribution in [3.05, 3.63) is 18.2 Å². The first-order chi connectivity index (χ1) is 4.92. The van der Waals surface area contributed by atoms with Crippen LogP contribution in [0.5, 0.6) is 0 Å². The lowest BCUT2D eigenvalue weighted by Crippen LogP contribution is -1.93. The van der Waals surface area contributed by atoms with Crippen molar-refractivity contribution >= 4 is 0 Å². The SMILES string of the molecule is CCC1CCn2ccnc21. The number of imidazole rings is 1. The summed E-state index contributed by atoms with van der Waals surface area (Å²) in [5.74, 6) is 2.03. The van der Waals surface area contributed by atoms with Crippen LogP contribution in [0.2, 0.25) is 0 Å². The third-order valence-corrected chi connectivity index (χ3v) is 2.32. The van der Waals surface area contributed by atoms with Gasteiger partial charge in [0, 0.05) is 24.9 Å². The summed E-state index contributed by atoms with van der Waals surface area (Å²) in [5.41, 5.74) is 0. The number of aryl methyl sites for hydroxylation is 1. The molecule has 1 unspecified atom stereocenters. The Bertz CT molecular complexity index is 227. The molecule has 0 N–H and O–H groups in total. The smallest absolute Gasteiger partial charge is 0.111 e. The van der Waals surface area contributed by atoms with E-state index >= 15 is 0 Å². The van der Waals surface area contributed by atoms with E-state index in [0.717, 1.165) is 5.92 Å². The van der Waals surface area contributed by atoms with Crippen molar-refractivity contribution in [2.24, 2.45) is 0 Å². The van der Waals surface area contributed by atoms with E-state index in [1.807, 2.05) is 6.20 Å². The zero-order chi connectivity index (χ0) is 6.97. The van der Waals surface area contributed by atoms with Crippen LogP contribution in [-0.2, 0) is 6.54 Å². The van der Waals surface area contributed by atoms with Crippen molar-refractivity contribution in [3.63, 3.8) is 0 Å². The molecule has 0 aromatic carbocycles. The van der Waals surface area contributed by atoms with Gasteiger partial charge in [-0.2, -0.15) is 0 Å². The second-order valence-corrected chi connectivity index (χ2v) is 2.87. The van der Waals surface area contributed by atoms with Crippen LogP contribution in [0.4, 0.5) is 0 Å². The first-order valence-electron chi connectivity index (χ1n) is 3.93. The maximum absolute atomic E-state index is 4.31. The van der Waals surface area contributed by atoms with Gasteiger partial charge in [0.1, 0.15) is 5.82 Å². The fourth-order valence-electron chi connectivity index (χ4n) is 1.68. The normalized spacial score (nSPS) is 23.1. The highest BCUT2D eigenvalue weighted by molar-refractivity contribution is 5.04. The third-order valence-electron chi connectivity index (χ3n) is 2.32. The molecule has 0 fully saturated rings. The van der Waals surface area contributed by atoms with Crippen molar-refractivity contribution in [2.45, 2.75) is 32.2 Å². The number of aromatic nitrogens is 2. The zero-order valence-corrected chi connectivity index (χ0v) is 6.25. The molecule has 1 aromatic heterocycles. The van der Waals surface area contributed by atoms with Crippen LogP contribution < -0.4 is 0 Å². The molecule has 1 aromatic rings. The Morgan fingerprint density at radius 2 is 2.70 bits per heavy atom. The highest BCUT2D eigenvalue weighted by Crippen LogP contribution is 2.28. The van der Waals surface area contributed by atoms with Gasteiger partial charge < -0.3 is 4.57 Å². The molecule has 0 amide bonds. The van der Waals surface area contributed by atoms with Crippen LogP contribution in [0.25, 0.3) is 0 Å². The van der Waals surface area contributed by atoms with E-state index in [9.17, 15) is 0 Å². The van der Waals surface area contributed by atoms with Crippen molar-refractivity contribution in [2.75, 3.05) is 0 Å². The van der Waals surface area contributed by atoms with E-state index in [4.69, 9.17) is 0 Å². The van der Waals surface area contributed by atoms with Gasteiger partial charge >= 0.3 is 0 Å². The minimum Gasteiger partial charge on any atom is -0.335 e. The maximum Gasteiger partial charge on any atom is 0.111 e. The standard InChI is InChI=1S/C8H12N2/c1-2-7-3-5-10-6-4-9-8(7)10/h4,6-7H,2-3,5H2,1H3. The van der Waals surface area contributed by atoms with E-state index < -0.39 is 0 Å². The molecule has 0 spiro atoms. The fraction of sp³-hybridized carbons (Fsp3) is 0.625. The van der Waals surface area contributed by atoms with Gasteiger partial charge in [-0.3, -0.25) is 0 Å². The van der Waals surface area contributed by atoms with Crippen LogP contribution in [0, 0.1) is 0 Å². The van der Waals surface area contributed by atoms with E-state index in [2.05, 4.69) is 22.7 Å². The number of hydrogen-bond donors (Lipinski definition) is 0. The van der Waals surface area contributed by atoms with Gasteiger partial charge in [-0.25, -0.2) is 4.98 Å². The average molecular weight is 136 g/mol. The number of hydrogen-bond acceptors (Lipinski definition) is 1. The predicted octanol–water partition coefficient (Wildman–Crippen LogP) is 1.78. The van der Waals surface area contributed by atoms with Gasteiger partial charge in [0.2, 0.25) is 0 Å². The Morgan fingerprint density at radius 3 is 3.50 bits per heavy atom. The topological polar surface area (TPSA) is 17.8 Å². The molecule has 2 heteroatoms. The monoisotopic (exact) mass is 136 g/mol. The third kappa shape index (κ3) is 0.681. The summed E-state index contributed by atoms with van der Waals surface area (Å²) in [4.78, 5) is 4.31. The minimum absolute atomic E-state index is 0.731. The number of rotatable bonds is 1. The molecule has 2 nitrogen and oxygen atoms in total. The van der Waals surface area contributed by atoms with E-state index in [1.165, 1.54) is 25.2 Å². The molecule has 10 heavy (non-hydrogen) atoms. The second-order valence-electron chi connectivity index (χ2n) is 2.87. The van der Waals surface area contributed by atoms with Crippen LogP contribution in [-0.4, -0.2) is 9.55 Å². The molecule has 1 atom stereocenters. The predicted molar refractivity (Wildman–Crippen MR) is 39.9 cm³/mol. The maximum atomic E-state index is 4.31. The summed E-state index contributed by atoms with van der Waals surface area (Å²) in [6.07, 6.45) is 6.50. The van der Waals surface area contributed by atoms with Crippen molar-refractivity contribution < 1.29 is 0 Å². The molecule has 0 radical (unpaired) electrons. The highest BCUT2D eigenvalue weighted by atomic mass is 15.1. The van der Waals surface area contributed by atoms with Crippen molar-refractivity contribution in [3.8, 4) is 0 Å². The van der Waals surface area contributed by atoms with Crippen molar-refractivity contribution in [1.29, 1.82) is 0 Å². The molecule has 2 heterocycles. The Morgan fingerprint density at radius 1 is 1.80 bits per heavy atom. The molecule has 0 saturated heterocycles. The Hall–Kier alpha value is -0.790. The molecule has 2 rings (SSSR count). The average Bonchev–Trinajstić information content (AvgIpc) is 2.44. The van der Waals surface area contributed by atoms with Crippen LogP contribution in [0.3, 0.4) is 0 Å². The second kappa shape index (κ2) is 2.11. The van der Waals surface area contributed by atoms with Gasteiger partial charge in [-0.1, -0.05) is 6.92 Å². The Balaban J connectivity index is 2.34. The van der Waals surface area contributed by atoms with Gasteiger partial charge in [0.05, 0.1) is 0 Å². The van der Waals surface area contributed by atoms with Crippen LogP contribution >= 0.6 is 0 Å². The lowest BCUT2D eigenvalue weighted by atomic mass is 10.1. The lowest BCUT2D eigenvalue weighted by molar-refractivity contribution is 0.635. The molecule has 0 bridgehead atoms. The van der Waals surface area contributed by atoms with Crippen LogP contribution in [0.15, 0.2) is 12.4 Å². The molecule has 0 aliphatic carbocycles. The lowest BCUT2D eigenvalue weighted by Gasteiger charge is -2.00. The van der Waals surface area contributed by atoms with Crippen molar-refractivity contribution in [1.82, 2.24) is 9.55 Å². The molecule has 1 aliphatic heterocycles. The quantitative estimate of drug-likeness (QED) is 0.575. The van der Waals surface area contributed by atoms with Gasteiger partial charge in [0.15, 0.2) is 0 Å². The molecular weight excluding hydrogens is 124 g/mol. The summed E-state index contributed by atoms with van der Waals surface area (Å²) in [5, 5.41) is 0. The number of nitrogens with zero attached hydrogens (tertiary/aromatic N) is 2. The summed E-state index contributed by atoms with van der Waals surface area (Å²) in [6.45, 7) is 3.41. The summed E-state index contributed by atoms with van der Waals surface area (Å²) in [7, 11) is 0. The van der Waals surface area contributed by atoms with E-state index in [0.29, 0.717) is 0 Å². The molecular formula is C8H12N2. The van der Waals surface area contributed by atoms with Gasteiger partial charge in [-0.15, -0.1) is 0 Å².